The van der Waals surface area contributed by atoms with Crippen LogP contribution >= 0.6 is 0 Å². The van der Waals surface area contributed by atoms with E-state index in [2.05, 4.69) is 4.72 Å². The zero-order valence-corrected chi connectivity index (χ0v) is 16.4. The smallest absolute Gasteiger partial charge is 0.261 e. The molecule has 0 saturated carbocycles. The highest BCUT2D eigenvalue weighted by atomic mass is 32.2. The van der Waals surface area contributed by atoms with Crippen molar-refractivity contribution in [3.8, 4) is 0 Å². The van der Waals surface area contributed by atoms with Crippen LogP contribution < -0.4 is 15.4 Å². The Morgan fingerprint density at radius 3 is 2.29 bits per heavy atom. The maximum atomic E-state index is 14.6. The number of carbonyl (C=O) groups excluding carboxylic acids is 1. The zero-order chi connectivity index (χ0) is 20.5. The van der Waals surface area contributed by atoms with E-state index in [0.29, 0.717) is 18.8 Å². The van der Waals surface area contributed by atoms with Gasteiger partial charge in [-0.3, -0.25) is 9.52 Å². The first kappa shape index (κ1) is 20.1. The van der Waals surface area contributed by atoms with Crippen LogP contribution in [0.1, 0.15) is 24.2 Å². The fraction of sp³-hybridized carbons (Fsp3) is 0.316. The first-order chi connectivity index (χ1) is 13.2. The summed E-state index contributed by atoms with van der Waals surface area (Å²) in [5, 5.41) is 0. The number of ether oxygens (including phenoxy) is 1. The molecule has 1 aliphatic heterocycles. The molecule has 9 heteroatoms. The molecular formula is C19H22FN3O4S. The van der Waals surface area contributed by atoms with Gasteiger partial charge in [-0.25, -0.2) is 12.8 Å². The fourth-order valence-corrected chi connectivity index (χ4v) is 4.26. The summed E-state index contributed by atoms with van der Waals surface area (Å²) in [6.07, 6.45) is -0.0468. The SMILES string of the molecule is C[C@H]1CN(c2ccc(NS(=O)(=O)c3ccc(C(N)=O)cc3)cc2F)C[C@H](C)O1. The summed E-state index contributed by atoms with van der Waals surface area (Å²) < 4.78 is 47.6. The van der Waals surface area contributed by atoms with Crippen LogP contribution in [0.2, 0.25) is 0 Å². The van der Waals surface area contributed by atoms with Gasteiger partial charge in [0.1, 0.15) is 5.82 Å². The van der Waals surface area contributed by atoms with Gasteiger partial charge in [-0.2, -0.15) is 0 Å². The predicted molar refractivity (Wildman–Crippen MR) is 104 cm³/mol. The summed E-state index contributed by atoms with van der Waals surface area (Å²) in [7, 11) is -3.93. The molecule has 150 valence electrons. The Balaban J connectivity index is 1.79. The van der Waals surface area contributed by atoms with Crippen molar-refractivity contribution in [2.24, 2.45) is 5.73 Å². The Labute approximate surface area is 163 Å². The third-order valence-electron chi connectivity index (χ3n) is 4.41. The van der Waals surface area contributed by atoms with E-state index < -0.39 is 21.7 Å². The Morgan fingerprint density at radius 1 is 1.14 bits per heavy atom. The quantitative estimate of drug-likeness (QED) is 0.792. The fourth-order valence-electron chi connectivity index (χ4n) is 3.21. The maximum absolute atomic E-state index is 14.6. The van der Waals surface area contributed by atoms with Gasteiger partial charge in [-0.1, -0.05) is 0 Å². The Kier molecular flexibility index (Phi) is 5.57. The number of nitrogens with two attached hydrogens (primary N) is 1. The number of carbonyl (C=O) groups is 1. The van der Waals surface area contributed by atoms with Crippen molar-refractivity contribution in [3.63, 3.8) is 0 Å². The second-order valence-corrected chi connectivity index (χ2v) is 8.51. The molecule has 7 nitrogen and oxygen atoms in total. The lowest BCUT2D eigenvalue weighted by Gasteiger charge is -2.37. The first-order valence-corrected chi connectivity index (χ1v) is 10.3. The van der Waals surface area contributed by atoms with Crippen LogP contribution in [0.4, 0.5) is 15.8 Å². The van der Waals surface area contributed by atoms with Gasteiger partial charge < -0.3 is 15.4 Å². The van der Waals surface area contributed by atoms with E-state index >= 15 is 0 Å². The maximum Gasteiger partial charge on any atom is 0.261 e. The molecule has 1 saturated heterocycles. The van der Waals surface area contributed by atoms with E-state index in [1.54, 1.807) is 6.07 Å². The minimum Gasteiger partial charge on any atom is -0.372 e. The molecule has 3 rings (SSSR count). The van der Waals surface area contributed by atoms with Gasteiger partial charge in [-0.15, -0.1) is 0 Å². The third-order valence-corrected chi connectivity index (χ3v) is 5.81. The van der Waals surface area contributed by atoms with E-state index in [1.165, 1.54) is 30.3 Å². The van der Waals surface area contributed by atoms with E-state index in [0.717, 1.165) is 6.07 Å². The van der Waals surface area contributed by atoms with Crippen molar-refractivity contribution < 1.29 is 22.3 Å². The number of hydrogen-bond donors (Lipinski definition) is 2. The van der Waals surface area contributed by atoms with E-state index in [9.17, 15) is 17.6 Å². The number of amides is 1. The molecule has 0 aromatic heterocycles. The molecule has 1 aliphatic rings. The summed E-state index contributed by atoms with van der Waals surface area (Å²) in [5.74, 6) is -1.17. The van der Waals surface area contributed by atoms with Gasteiger partial charge in [0.05, 0.1) is 28.5 Å². The van der Waals surface area contributed by atoms with Crippen LogP contribution in [0.25, 0.3) is 0 Å². The van der Waals surface area contributed by atoms with Crippen LogP contribution in [-0.2, 0) is 14.8 Å². The molecule has 1 fully saturated rings. The van der Waals surface area contributed by atoms with E-state index in [1.807, 2.05) is 18.7 Å². The van der Waals surface area contributed by atoms with Gasteiger partial charge in [0.15, 0.2) is 0 Å². The number of primary amides is 1. The second kappa shape index (κ2) is 7.76. The van der Waals surface area contributed by atoms with Crippen molar-refractivity contribution in [2.45, 2.75) is 31.0 Å². The highest BCUT2D eigenvalue weighted by Crippen LogP contribution is 2.27. The minimum atomic E-state index is -3.93. The van der Waals surface area contributed by atoms with Crippen LogP contribution in [0.15, 0.2) is 47.4 Å². The molecule has 2 atom stereocenters. The van der Waals surface area contributed by atoms with Gasteiger partial charge in [0, 0.05) is 24.7 Å². The van der Waals surface area contributed by atoms with Gasteiger partial charge in [0.2, 0.25) is 5.91 Å². The predicted octanol–water partition coefficient (Wildman–Crippen LogP) is 2.34. The minimum absolute atomic E-state index is 0.0234. The normalized spacial score (nSPS) is 20.0. The molecule has 0 bridgehead atoms. The van der Waals surface area contributed by atoms with Gasteiger partial charge >= 0.3 is 0 Å². The van der Waals surface area contributed by atoms with E-state index in [4.69, 9.17) is 10.5 Å². The number of morpholine rings is 1. The summed E-state index contributed by atoms with van der Waals surface area (Å²) in [6.45, 7) is 4.95. The molecule has 0 aliphatic carbocycles. The Bertz CT molecular complexity index is 969. The topological polar surface area (TPSA) is 102 Å². The monoisotopic (exact) mass is 407 g/mol. The lowest BCUT2D eigenvalue weighted by atomic mass is 10.2. The third kappa shape index (κ3) is 4.42. The van der Waals surface area contributed by atoms with Gasteiger partial charge in [-0.05, 0) is 50.2 Å². The standard InChI is InChI=1S/C19H22FN3O4S/c1-12-10-23(11-13(2)27-12)18-8-5-15(9-17(18)20)22-28(25,26)16-6-3-14(4-7-16)19(21)24/h3-9,12-13,22H,10-11H2,1-2H3,(H2,21,24)/t12-,13-/m0/s1. The van der Waals surface area contributed by atoms with Crippen LogP contribution in [-0.4, -0.2) is 39.6 Å². The summed E-state index contributed by atoms with van der Waals surface area (Å²) >= 11 is 0. The first-order valence-electron chi connectivity index (χ1n) is 8.78. The molecule has 1 heterocycles. The highest BCUT2D eigenvalue weighted by molar-refractivity contribution is 7.92. The van der Waals surface area contributed by atoms with Crippen LogP contribution in [0.5, 0.6) is 0 Å². The van der Waals surface area contributed by atoms with Crippen LogP contribution in [0, 0.1) is 5.82 Å². The average Bonchev–Trinajstić information content (AvgIpc) is 2.60. The molecule has 2 aromatic carbocycles. The highest BCUT2D eigenvalue weighted by Gasteiger charge is 2.24. The number of anilines is 2. The molecule has 0 spiro atoms. The van der Waals surface area contributed by atoms with E-state index in [-0.39, 0.29) is 28.4 Å². The number of nitrogens with zero attached hydrogens (tertiary/aromatic N) is 1. The number of nitrogens with one attached hydrogen (secondary N) is 1. The summed E-state index contributed by atoms with van der Waals surface area (Å²) in [5.41, 5.74) is 5.85. The largest absolute Gasteiger partial charge is 0.372 e. The zero-order valence-electron chi connectivity index (χ0n) is 15.6. The molecule has 28 heavy (non-hydrogen) atoms. The van der Waals surface area contributed by atoms with Crippen molar-refractivity contribution in [2.75, 3.05) is 22.7 Å². The van der Waals surface area contributed by atoms with Crippen molar-refractivity contribution >= 4 is 27.3 Å². The number of benzene rings is 2. The lowest BCUT2D eigenvalue weighted by molar-refractivity contribution is -0.00539. The van der Waals surface area contributed by atoms with Gasteiger partial charge in [0.25, 0.3) is 10.0 Å². The number of halogens is 1. The molecular weight excluding hydrogens is 385 g/mol. The number of rotatable bonds is 5. The average molecular weight is 407 g/mol. The van der Waals surface area contributed by atoms with Crippen molar-refractivity contribution in [1.82, 2.24) is 0 Å². The molecule has 1 amide bonds. The number of hydrogen-bond acceptors (Lipinski definition) is 5. The number of sulfonamides is 1. The lowest BCUT2D eigenvalue weighted by Crippen LogP contribution is -2.45. The molecule has 3 N–H and O–H groups in total. The van der Waals surface area contributed by atoms with Crippen molar-refractivity contribution in [3.05, 3.63) is 53.8 Å². The summed E-state index contributed by atoms with van der Waals surface area (Å²) in [6, 6.07) is 9.39. The molecule has 0 radical (unpaired) electrons. The molecule has 0 unspecified atom stereocenters. The van der Waals surface area contributed by atoms with Crippen LogP contribution in [0.3, 0.4) is 0 Å². The van der Waals surface area contributed by atoms with Crippen molar-refractivity contribution in [1.29, 1.82) is 0 Å². The summed E-state index contributed by atoms with van der Waals surface area (Å²) in [4.78, 5) is 12.9. The second-order valence-electron chi connectivity index (χ2n) is 6.82. The molecule has 2 aromatic rings. The Hall–Kier alpha value is -2.65. The Morgan fingerprint density at radius 2 is 1.75 bits per heavy atom.